The lowest BCUT2D eigenvalue weighted by Crippen LogP contribution is -1.99. The van der Waals surface area contributed by atoms with Gasteiger partial charge in [-0.1, -0.05) is 159 Å². The number of hydrogen-bond donors (Lipinski definition) is 0. The van der Waals surface area contributed by atoms with Gasteiger partial charge in [-0.3, -0.25) is 4.57 Å². The number of aromatic nitrogens is 5. The van der Waals surface area contributed by atoms with E-state index in [9.17, 15) is 0 Å². The molecular weight excluding hydrogens is 671 g/mol. The summed E-state index contributed by atoms with van der Waals surface area (Å²) in [5, 5.41) is 3.36. The molecule has 0 amide bonds. The number of nitrogens with zero attached hydrogens (tertiary/aromatic N) is 5. The van der Waals surface area contributed by atoms with Crippen molar-refractivity contribution in [1.29, 1.82) is 0 Å². The Labute approximate surface area is 319 Å². The molecular formula is C50H35N5. The van der Waals surface area contributed by atoms with Crippen molar-refractivity contribution in [1.82, 2.24) is 24.5 Å². The molecule has 0 aliphatic heterocycles. The molecule has 0 aliphatic carbocycles. The quantitative estimate of drug-likeness (QED) is 0.155. The van der Waals surface area contributed by atoms with Crippen molar-refractivity contribution >= 4 is 32.7 Å². The van der Waals surface area contributed by atoms with Crippen LogP contribution in [-0.4, -0.2) is 24.5 Å². The van der Waals surface area contributed by atoms with Crippen LogP contribution in [0.2, 0.25) is 0 Å². The summed E-state index contributed by atoms with van der Waals surface area (Å²) in [7, 11) is 0. The summed E-state index contributed by atoms with van der Waals surface area (Å²) >= 11 is 0. The third-order valence-corrected chi connectivity index (χ3v) is 10.4. The number of fused-ring (bicyclic) bond motifs is 5. The van der Waals surface area contributed by atoms with Crippen LogP contribution in [0.25, 0.3) is 94.7 Å². The molecule has 5 heteroatoms. The first-order valence-corrected chi connectivity index (χ1v) is 18.7. The third kappa shape index (κ3) is 5.83. The Morgan fingerprint density at radius 3 is 1.60 bits per heavy atom. The first-order valence-electron chi connectivity index (χ1n) is 18.7. The minimum atomic E-state index is 0.698. The molecule has 0 saturated carbocycles. The monoisotopic (exact) mass is 705 g/mol. The summed E-state index contributed by atoms with van der Waals surface area (Å²) in [6.45, 7) is 2.17. The van der Waals surface area contributed by atoms with E-state index in [4.69, 9.17) is 19.9 Å². The van der Waals surface area contributed by atoms with Gasteiger partial charge in [0.25, 0.3) is 0 Å². The fraction of sp³-hybridized carbons (Fsp3) is 0.0400. The van der Waals surface area contributed by atoms with Gasteiger partial charge in [-0.15, -0.1) is 0 Å². The minimum absolute atomic E-state index is 0.698. The summed E-state index contributed by atoms with van der Waals surface area (Å²) in [5.41, 5.74) is 13.2. The van der Waals surface area contributed by atoms with E-state index in [1.807, 2.05) is 36.4 Å². The number of pyridine rings is 1. The fourth-order valence-corrected chi connectivity index (χ4v) is 7.66. The Kier molecular flexibility index (Phi) is 8.03. The molecule has 3 heterocycles. The predicted octanol–water partition coefficient (Wildman–Crippen LogP) is 12.4. The van der Waals surface area contributed by atoms with Crippen LogP contribution in [0.1, 0.15) is 12.7 Å². The van der Waals surface area contributed by atoms with E-state index < -0.39 is 0 Å². The molecule has 5 nitrogen and oxygen atoms in total. The smallest absolute Gasteiger partial charge is 0.160 e. The first kappa shape index (κ1) is 32.4. The van der Waals surface area contributed by atoms with Crippen molar-refractivity contribution in [2.24, 2.45) is 0 Å². The van der Waals surface area contributed by atoms with E-state index in [0.717, 1.165) is 101 Å². The van der Waals surface area contributed by atoms with Gasteiger partial charge < -0.3 is 0 Å². The molecule has 55 heavy (non-hydrogen) atoms. The highest BCUT2D eigenvalue weighted by Gasteiger charge is 2.19. The van der Waals surface area contributed by atoms with Crippen molar-refractivity contribution in [2.75, 3.05) is 0 Å². The van der Waals surface area contributed by atoms with Crippen LogP contribution in [0.15, 0.2) is 182 Å². The Morgan fingerprint density at radius 2 is 0.982 bits per heavy atom. The van der Waals surface area contributed by atoms with E-state index in [1.165, 1.54) is 0 Å². The van der Waals surface area contributed by atoms with Gasteiger partial charge in [-0.25, -0.2) is 19.9 Å². The van der Waals surface area contributed by atoms with Crippen LogP contribution < -0.4 is 0 Å². The second kappa shape index (κ2) is 13.6. The average Bonchev–Trinajstić information content (AvgIpc) is 3.66. The highest BCUT2D eigenvalue weighted by Crippen LogP contribution is 2.39. The van der Waals surface area contributed by atoms with Gasteiger partial charge in [-0.05, 0) is 46.8 Å². The maximum absolute atomic E-state index is 5.30. The third-order valence-electron chi connectivity index (χ3n) is 10.4. The SMILES string of the molecule is CCc1nc2c3c(-c4ccc(-c5ccc(-c6nc(-c7ccccc7)cc(-c7ccccc7)n6)cc5)cc4)nc4ccccc4c3ccc2n1-c1ccccc1. The van der Waals surface area contributed by atoms with Crippen LogP contribution in [0.4, 0.5) is 0 Å². The van der Waals surface area contributed by atoms with Crippen molar-refractivity contribution < 1.29 is 0 Å². The first-order chi connectivity index (χ1) is 27.2. The molecule has 260 valence electrons. The molecule has 10 rings (SSSR count). The van der Waals surface area contributed by atoms with Crippen LogP contribution in [0, 0.1) is 0 Å². The molecule has 0 N–H and O–H groups in total. The summed E-state index contributed by atoms with van der Waals surface area (Å²) in [5.74, 6) is 1.73. The zero-order valence-electron chi connectivity index (χ0n) is 30.3. The molecule has 0 unspecified atom stereocenters. The number of para-hydroxylation sites is 2. The summed E-state index contributed by atoms with van der Waals surface area (Å²) in [4.78, 5) is 20.6. The number of benzene rings is 7. The molecule has 0 fully saturated rings. The average molecular weight is 706 g/mol. The van der Waals surface area contributed by atoms with E-state index in [1.54, 1.807) is 0 Å². The zero-order valence-corrected chi connectivity index (χ0v) is 30.3. The molecule has 0 aliphatic rings. The zero-order chi connectivity index (χ0) is 36.7. The second-order valence-corrected chi connectivity index (χ2v) is 13.7. The van der Waals surface area contributed by atoms with E-state index in [-0.39, 0.29) is 0 Å². The van der Waals surface area contributed by atoms with Gasteiger partial charge in [-0.2, -0.15) is 0 Å². The minimum Gasteiger partial charge on any atom is -0.296 e. The second-order valence-electron chi connectivity index (χ2n) is 13.7. The summed E-state index contributed by atoms with van der Waals surface area (Å²) < 4.78 is 2.28. The molecule has 0 radical (unpaired) electrons. The number of aryl methyl sites for hydroxylation is 1. The maximum Gasteiger partial charge on any atom is 0.160 e. The Morgan fingerprint density at radius 1 is 0.436 bits per heavy atom. The van der Waals surface area contributed by atoms with Crippen LogP contribution in [0.3, 0.4) is 0 Å². The number of imidazole rings is 1. The number of hydrogen-bond acceptors (Lipinski definition) is 4. The van der Waals surface area contributed by atoms with Gasteiger partial charge in [0, 0.05) is 45.1 Å². The fourth-order valence-electron chi connectivity index (χ4n) is 7.66. The van der Waals surface area contributed by atoms with E-state index in [0.29, 0.717) is 5.82 Å². The predicted molar refractivity (Wildman–Crippen MR) is 226 cm³/mol. The van der Waals surface area contributed by atoms with Crippen LogP contribution >= 0.6 is 0 Å². The largest absolute Gasteiger partial charge is 0.296 e. The normalized spacial score (nSPS) is 11.4. The standard InChI is InChI=1S/C50H35N5/c1-2-46-54-49-45(55(46)39-18-10-5-11-19-39)31-30-41-40-20-12-13-21-42(40)51-48(47(41)49)37-26-22-33(23-27-37)34-24-28-38(29-25-34)50-52-43(35-14-6-3-7-15-35)32-44(53-50)36-16-8-4-9-17-36/h3-32H,2H2,1H3. The molecule has 0 bridgehead atoms. The van der Waals surface area contributed by atoms with Crippen molar-refractivity contribution in [3.8, 4) is 62.0 Å². The van der Waals surface area contributed by atoms with Gasteiger partial charge >= 0.3 is 0 Å². The Bertz CT molecular complexity index is 2910. The van der Waals surface area contributed by atoms with Crippen molar-refractivity contribution in [2.45, 2.75) is 13.3 Å². The Balaban J connectivity index is 1.05. The molecule has 0 spiro atoms. The highest BCUT2D eigenvalue weighted by atomic mass is 15.1. The Hall–Kier alpha value is -7.24. The lowest BCUT2D eigenvalue weighted by atomic mass is 9.97. The molecule has 3 aromatic heterocycles. The van der Waals surface area contributed by atoms with E-state index in [2.05, 4.69) is 157 Å². The van der Waals surface area contributed by atoms with Gasteiger partial charge in [0.2, 0.25) is 0 Å². The topological polar surface area (TPSA) is 56.5 Å². The van der Waals surface area contributed by atoms with Gasteiger partial charge in [0.05, 0.1) is 33.6 Å². The molecule has 7 aromatic carbocycles. The van der Waals surface area contributed by atoms with E-state index >= 15 is 0 Å². The molecule has 0 saturated heterocycles. The van der Waals surface area contributed by atoms with Crippen molar-refractivity contribution in [3.05, 3.63) is 188 Å². The summed E-state index contributed by atoms with van der Waals surface area (Å²) in [6, 6.07) is 63.3. The lowest BCUT2D eigenvalue weighted by Gasteiger charge is -2.13. The lowest BCUT2D eigenvalue weighted by molar-refractivity contribution is 0.908. The van der Waals surface area contributed by atoms with Crippen LogP contribution in [0.5, 0.6) is 0 Å². The number of rotatable bonds is 7. The van der Waals surface area contributed by atoms with Crippen LogP contribution in [-0.2, 0) is 6.42 Å². The maximum atomic E-state index is 5.30. The highest BCUT2D eigenvalue weighted by molar-refractivity contribution is 6.20. The van der Waals surface area contributed by atoms with Gasteiger partial charge in [0.1, 0.15) is 5.82 Å². The molecule has 0 atom stereocenters. The summed E-state index contributed by atoms with van der Waals surface area (Å²) in [6.07, 6.45) is 0.813. The van der Waals surface area contributed by atoms with Gasteiger partial charge in [0.15, 0.2) is 5.82 Å². The molecule has 10 aromatic rings. The van der Waals surface area contributed by atoms with Crippen molar-refractivity contribution in [3.63, 3.8) is 0 Å².